The monoisotopic (exact) mass is 432 g/mol. The smallest absolute Gasteiger partial charge is 0.278 e. The standard InChI is InChI=1S/C24H24N4O2S/c1-4-28-23(30)22-21(18(13-25-22)17-8-6-5-7-9-17)27-24(28)31-14-20(29)26-19-12-15(2)10-11-16(19)3/h5-13,25H,4,14H2,1-3H3,(H,26,29). The average molecular weight is 433 g/mol. The third kappa shape index (κ3) is 4.27. The van der Waals surface area contributed by atoms with E-state index in [1.54, 1.807) is 4.57 Å². The van der Waals surface area contributed by atoms with Crippen LogP contribution in [-0.2, 0) is 11.3 Å². The van der Waals surface area contributed by atoms with Crippen molar-refractivity contribution in [1.29, 1.82) is 0 Å². The molecule has 2 aromatic carbocycles. The summed E-state index contributed by atoms with van der Waals surface area (Å²) in [6, 6.07) is 15.8. The van der Waals surface area contributed by atoms with Crippen LogP contribution in [-0.4, -0.2) is 26.2 Å². The molecule has 0 spiro atoms. The number of aryl methyl sites for hydroxylation is 2. The van der Waals surface area contributed by atoms with E-state index < -0.39 is 0 Å². The number of thioether (sulfide) groups is 1. The summed E-state index contributed by atoms with van der Waals surface area (Å²) >= 11 is 1.27. The fourth-order valence-electron chi connectivity index (χ4n) is 3.49. The number of H-pyrrole nitrogens is 1. The number of carbonyl (C=O) groups is 1. The fourth-order valence-corrected chi connectivity index (χ4v) is 4.34. The molecule has 6 nitrogen and oxygen atoms in total. The molecule has 7 heteroatoms. The number of rotatable bonds is 6. The van der Waals surface area contributed by atoms with Crippen molar-refractivity contribution in [3.05, 3.63) is 76.2 Å². The number of carbonyl (C=O) groups excluding carboxylic acids is 1. The third-order valence-corrected chi connectivity index (χ3v) is 6.13. The quantitative estimate of drug-likeness (QED) is 0.340. The topological polar surface area (TPSA) is 79.8 Å². The Morgan fingerprint density at radius 3 is 2.68 bits per heavy atom. The molecule has 0 bridgehead atoms. The van der Waals surface area contributed by atoms with Gasteiger partial charge in [-0.2, -0.15) is 0 Å². The van der Waals surface area contributed by atoms with Crippen LogP contribution in [0, 0.1) is 13.8 Å². The van der Waals surface area contributed by atoms with Gasteiger partial charge in [0, 0.05) is 24.0 Å². The molecule has 4 rings (SSSR count). The average Bonchev–Trinajstić information content (AvgIpc) is 3.20. The number of benzene rings is 2. The number of amides is 1. The van der Waals surface area contributed by atoms with Gasteiger partial charge < -0.3 is 10.3 Å². The van der Waals surface area contributed by atoms with Gasteiger partial charge in [-0.1, -0.05) is 54.2 Å². The first-order chi connectivity index (χ1) is 15.0. The van der Waals surface area contributed by atoms with Gasteiger partial charge in [-0.25, -0.2) is 4.98 Å². The van der Waals surface area contributed by atoms with Gasteiger partial charge in [-0.15, -0.1) is 0 Å². The van der Waals surface area contributed by atoms with Crippen molar-refractivity contribution < 1.29 is 4.79 Å². The van der Waals surface area contributed by atoms with Crippen molar-refractivity contribution in [1.82, 2.24) is 14.5 Å². The SMILES string of the molecule is CCn1c(SCC(=O)Nc2cc(C)ccc2C)nc2c(-c3ccccc3)c[nH]c2c1=O. The van der Waals surface area contributed by atoms with Crippen LogP contribution in [0.1, 0.15) is 18.1 Å². The van der Waals surface area contributed by atoms with Gasteiger partial charge >= 0.3 is 0 Å². The van der Waals surface area contributed by atoms with Gasteiger partial charge in [-0.3, -0.25) is 14.2 Å². The summed E-state index contributed by atoms with van der Waals surface area (Å²) in [5.74, 6) is 0.0317. The van der Waals surface area contributed by atoms with E-state index in [-0.39, 0.29) is 17.2 Å². The molecule has 4 aromatic rings. The van der Waals surface area contributed by atoms with Gasteiger partial charge in [0.05, 0.1) is 5.75 Å². The van der Waals surface area contributed by atoms with Gasteiger partial charge in [-0.05, 0) is 43.5 Å². The summed E-state index contributed by atoms with van der Waals surface area (Å²) in [5.41, 5.74) is 5.72. The van der Waals surface area contributed by atoms with Crippen LogP contribution in [0.2, 0.25) is 0 Å². The van der Waals surface area contributed by atoms with Crippen molar-refractivity contribution in [3.63, 3.8) is 0 Å². The molecule has 0 saturated heterocycles. The predicted octanol–water partition coefficient (Wildman–Crippen LogP) is 4.76. The molecule has 0 atom stereocenters. The van der Waals surface area contributed by atoms with Gasteiger partial charge in [0.25, 0.3) is 5.56 Å². The second-order valence-corrected chi connectivity index (χ2v) is 8.33. The Labute approximate surface area is 184 Å². The molecular formula is C24H24N4O2S. The summed E-state index contributed by atoms with van der Waals surface area (Å²) in [7, 11) is 0. The van der Waals surface area contributed by atoms with Gasteiger partial charge in [0.1, 0.15) is 11.0 Å². The first-order valence-electron chi connectivity index (χ1n) is 10.1. The highest BCUT2D eigenvalue weighted by molar-refractivity contribution is 7.99. The summed E-state index contributed by atoms with van der Waals surface area (Å²) in [4.78, 5) is 33.5. The van der Waals surface area contributed by atoms with Crippen molar-refractivity contribution in [2.75, 3.05) is 11.1 Å². The summed E-state index contributed by atoms with van der Waals surface area (Å²) in [6.07, 6.45) is 1.82. The lowest BCUT2D eigenvalue weighted by Crippen LogP contribution is -2.23. The largest absolute Gasteiger partial charge is 0.355 e. The molecule has 31 heavy (non-hydrogen) atoms. The molecule has 0 aliphatic rings. The second-order valence-electron chi connectivity index (χ2n) is 7.39. The predicted molar refractivity (Wildman–Crippen MR) is 127 cm³/mol. The minimum atomic E-state index is -0.132. The molecule has 2 heterocycles. The zero-order chi connectivity index (χ0) is 22.0. The maximum Gasteiger partial charge on any atom is 0.278 e. The molecule has 158 valence electrons. The maximum absolute atomic E-state index is 13.0. The Morgan fingerprint density at radius 1 is 1.16 bits per heavy atom. The summed E-state index contributed by atoms with van der Waals surface area (Å²) in [6.45, 7) is 6.33. The van der Waals surface area contributed by atoms with Gasteiger partial charge in [0.2, 0.25) is 5.91 Å². The Kier molecular flexibility index (Phi) is 5.95. The third-order valence-electron chi connectivity index (χ3n) is 5.15. The van der Waals surface area contributed by atoms with Crippen LogP contribution < -0.4 is 10.9 Å². The number of hydrogen-bond acceptors (Lipinski definition) is 4. The van der Waals surface area contributed by atoms with Crippen LogP contribution in [0.15, 0.2) is 64.7 Å². The van der Waals surface area contributed by atoms with Crippen LogP contribution in [0.3, 0.4) is 0 Å². The van der Waals surface area contributed by atoms with Gasteiger partial charge in [0.15, 0.2) is 5.16 Å². The molecule has 0 saturated carbocycles. The number of aromatic amines is 1. The Hall–Kier alpha value is -3.32. The lowest BCUT2D eigenvalue weighted by molar-refractivity contribution is -0.113. The molecule has 2 N–H and O–H groups in total. The van der Waals surface area contributed by atoms with E-state index in [9.17, 15) is 9.59 Å². The van der Waals surface area contributed by atoms with E-state index in [1.165, 1.54) is 11.8 Å². The molecule has 0 aliphatic carbocycles. The maximum atomic E-state index is 13.0. The van der Waals surface area contributed by atoms with Crippen molar-refractivity contribution in [2.45, 2.75) is 32.5 Å². The van der Waals surface area contributed by atoms with E-state index in [0.717, 1.165) is 27.9 Å². The molecule has 2 aromatic heterocycles. The Morgan fingerprint density at radius 2 is 1.94 bits per heavy atom. The van der Waals surface area contributed by atoms with E-state index in [2.05, 4.69) is 10.3 Å². The van der Waals surface area contributed by atoms with Crippen molar-refractivity contribution >= 4 is 34.4 Å². The highest BCUT2D eigenvalue weighted by Crippen LogP contribution is 2.27. The number of aromatic nitrogens is 3. The molecular weight excluding hydrogens is 408 g/mol. The second kappa shape index (κ2) is 8.81. The number of anilines is 1. The van der Waals surface area contributed by atoms with E-state index in [4.69, 9.17) is 4.98 Å². The normalized spacial score (nSPS) is 11.1. The first-order valence-corrected chi connectivity index (χ1v) is 11.1. The molecule has 1 amide bonds. The lowest BCUT2D eigenvalue weighted by atomic mass is 10.1. The Balaban J connectivity index is 1.63. The minimum Gasteiger partial charge on any atom is -0.355 e. The number of hydrogen-bond donors (Lipinski definition) is 2. The van der Waals surface area contributed by atoms with Crippen molar-refractivity contribution in [3.8, 4) is 11.1 Å². The van der Waals surface area contributed by atoms with Crippen LogP contribution in [0.25, 0.3) is 22.2 Å². The molecule has 0 fully saturated rings. The van der Waals surface area contributed by atoms with E-state index in [0.29, 0.717) is 22.7 Å². The zero-order valence-electron chi connectivity index (χ0n) is 17.7. The van der Waals surface area contributed by atoms with E-state index >= 15 is 0 Å². The minimum absolute atomic E-state index is 0.131. The van der Waals surface area contributed by atoms with Crippen LogP contribution >= 0.6 is 11.8 Å². The lowest BCUT2D eigenvalue weighted by Gasteiger charge is -2.12. The molecule has 0 aliphatic heterocycles. The van der Waals surface area contributed by atoms with Crippen molar-refractivity contribution in [2.24, 2.45) is 0 Å². The molecule has 0 radical (unpaired) electrons. The fraction of sp³-hybridized carbons (Fsp3) is 0.208. The summed E-state index contributed by atoms with van der Waals surface area (Å²) in [5, 5.41) is 3.50. The first kappa shape index (κ1) is 20.9. The Bertz CT molecular complexity index is 1310. The number of fused-ring (bicyclic) bond motifs is 1. The number of nitrogens with zero attached hydrogens (tertiary/aromatic N) is 2. The summed E-state index contributed by atoms with van der Waals surface area (Å²) < 4.78 is 1.60. The highest BCUT2D eigenvalue weighted by Gasteiger charge is 2.17. The van der Waals surface area contributed by atoms with E-state index in [1.807, 2.05) is 75.5 Å². The van der Waals surface area contributed by atoms with Crippen LogP contribution in [0.4, 0.5) is 5.69 Å². The molecule has 0 unspecified atom stereocenters. The number of nitrogens with one attached hydrogen (secondary N) is 2. The highest BCUT2D eigenvalue weighted by atomic mass is 32.2. The van der Waals surface area contributed by atoms with Crippen LogP contribution in [0.5, 0.6) is 0 Å². The zero-order valence-corrected chi connectivity index (χ0v) is 18.5.